The second kappa shape index (κ2) is 13.2. The van der Waals surface area contributed by atoms with Crippen LogP contribution in [-0.4, -0.2) is 24.1 Å². The van der Waals surface area contributed by atoms with E-state index in [0.717, 1.165) is 48.1 Å². The highest BCUT2D eigenvalue weighted by Gasteiger charge is 2.28. The first-order chi connectivity index (χ1) is 28.7. The molecular weight excluding hydrogens is 707 g/mol. The molecule has 0 radical (unpaired) electrons. The maximum absolute atomic E-state index is 5.02. The molecular formula is C53H39N5. The van der Waals surface area contributed by atoms with Gasteiger partial charge in [0.25, 0.3) is 0 Å². The second-order valence-corrected chi connectivity index (χ2v) is 15.9. The molecule has 58 heavy (non-hydrogen) atoms. The summed E-state index contributed by atoms with van der Waals surface area (Å²) in [4.78, 5) is 15.0. The third-order valence-corrected chi connectivity index (χ3v) is 12.5. The van der Waals surface area contributed by atoms with Crippen LogP contribution in [0.25, 0.3) is 85.6 Å². The van der Waals surface area contributed by atoms with Crippen LogP contribution >= 0.6 is 0 Å². The Kier molecular flexibility index (Phi) is 7.55. The number of rotatable bonds is 5. The van der Waals surface area contributed by atoms with Gasteiger partial charge in [0.15, 0.2) is 17.5 Å². The van der Waals surface area contributed by atoms with Gasteiger partial charge in [0.05, 0.1) is 16.4 Å². The van der Waals surface area contributed by atoms with Crippen molar-refractivity contribution in [3.8, 4) is 45.5 Å². The second-order valence-electron chi connectivity index (χ2n) is 15.9. The Morgan fingerprint density at radius 2 is 1.26 bits per heavy atom. The van der Waals surface area contributed by atoms with Gasteiger partial charge in [-0.15, -0.1) is 0 Å². The van der Waals surface area contributed by atoms with Crippen molar-refractivity contribution in [2.24, 2.45) is 11.8 Å². The van der Waals surface area contributed by atoms with E-state index in [1.807, 2.05) is 36.4 Å². The lowest BCUT2D eigenvalue weighted by Crippen LogP contribution is -2.33. The Labute approximate surface area is 336 Å². The summed E-state index contributed by atoms with van der Waals surface area (Å²) in [5.41, 5.74) is 13.3. The van der Waals surface area contributed by atoms with Gasteiger partial charge in [-0.1, -0.05) is 133 Å². The van der Waals surface area contributed by atoms with Crippen LogP contribution in [0.15, 0.2) is 169 Å². The fourth-order valence-corrected chi connectivity index (χ4v) is 9.66. The van der Waals surface area contributed by atoms with Crippen molar-refractivity contribution in [1.82, 2.24) is 24.1 Å². The van der Waals surface area contributed by atoms with Crippen LogP contribution < -0.4 is 10.6 Å². The lowest BCUT2D eigenvalue weighted by Gasteiger charge is -2.26. The zero-order valence-electron chi connectivity index (χ0n) is 32.0. The van der Waals surface area contributed by atoms with Crippen LogP contribution in [0.4, 0.5) is 0 Å². The molecule has 0 saturated heterocycles. The molecule has 12 rings (SSSR count). The van der Waals surface area contributed by atoms with Crippen molar-refractivity contribution in [3.05, 3.63) is 191 Å². The first kappa shape index (κ1) is 33.1. The molecule has 0 amide bonds. The van der Waals surface area contributed by atoms with Gasteiger partial charge in [-0.25, -0.2) is 15.0 Å². The monoisotopic (exact) mass is 745 g/mol. The molecule has 0 spiro atoms. The Morgan fingerprint density at radius 3 is 2.02 bits per heavy atom. The van der Waals surface area contributed by atoms with Crippen molar-refractivity contribution in [2.75, 3.05) is 0 Å². The molecule has 5 nitrogen and oxygen atoms in total. The molecule has 2 unspecified atom stereocenters. The van der Waals surface area contributed by atoms with E-state index in [1.54, 1.807) is 5.57 Å². The highest BCUT2D eigenvalue weighted by Crippen LogP contribution is 2.41. The molecule has 0 fully saturated rings. The van der Waals surface area contributed by atoms with Crippen LogP contribution in [0, 0.1) is 11.8 Å². The molecule has 276 valence electrons. The summed E-state index contributed by atoms with van der Waals surface area (Å²) in [6.07, 6.45) is 23.3. The minimum atomic E-state index is 0.380. The summed E-state index contributed by atoms with van der Waals surface area (Å²) >= 11 is 0. The van der Waals surface area contributed by atoms with Gasteiger partial charge in [0.2, 0.25) is 0 Å². The summed E-state index contributed by atoms with van der Waals surface area (Å²) in [6, 6.07) is 45.2. The third kappa shape index (κ3) is 5.34. The number of aromatic nitrogens is 5. The van der Waals surface area contributed by atoms with E-state index in [4.69, 9.17) is 15.0 Å². The summed E-state index contributed by atoms with van der Waals surface area (Å²) in [5, 5.41) is 5.13. The van der Waals surface area contributed by atoms with Crippen LogP contribution in [0.2, 0.25) is 0 Å². The standard InChI is InChI=1S/C53H39N5/c1-3-13-34(14-4-1)51-54-52(35-15-5-2-6-16-35)56-53(55-51)36-23-25-41(26-24-36)57-48-31-39-19-9-8-18-38(39)30-46(48)44-28-27-42(33-50(44)57)58-47-22-12-11-21-43(47)45-29-37-17-7-10-20-40(37)32-49(45)58/h1-6,8-16,19-31,33,38,40H,7,17-18,32H2. The average molecular weight is 746 g/mol. The third-order valence-electron chi connectivity index (χ3n) is 12.5. The zero-order valence-corrected chi connectivity index (χ0v) is 32.0. The van der Waals surface area contributed by atoms with E-state index in [9.17, 15) is 0 Å². The molecule has 4 aliphatic carbocycles. The number of fused-ring (bicyclic) bond motifs is 8. The van der Waals surface area contributed by atoms with Crippen molar-refractivity contribution < 1.29 is 0 Å². The number of benzene rings is 5. The molecule has 5 heteroatoms. The largest absolute Gasteiger partial charge is 0.313 e. The van der Waals surface area contributed by atoms with Gasteiger partial charge < -0.3 is 9.13 Å². The van der Waals surface area contributed by atoms with E-state index in [1.165, 1.54) is 54.9 Å². The highest BCUT2D eigenvalue weighted by molar-refractivity contribution is 5.95. The van der Waals surface area contributed by atoms with E-state index in [0.29, 0.717) is 29.3 Å². The smallest absolute Gasteiger partial charge is 0.164 e. The van der Waals surface area contributed by atoms with Gasteiger partial charge in [-0.3, -0.25) is 0 Å². The molecule has 0 bridgehead atoms. The van der Waals surface area contributed by atoms with Crippen molar-refractivity contribution >= 4 is 40.0 Å². The Morgan fingerprint density at radius 1 is 0.569 bits per heavy atom. The molecule has 3 heterocycles. The van der Waals surface area contributed by atoms with Crippen molar-refractivity contribution in [2.45, 2.75) is 25.7 Å². The minimum Gasteiger partial charge on any atom is -0.313 e. The number of allylic oxidation sites excluding steroid dienone is 7. The quantitative estimate of drug-likeness (QED) is 0.165. The predicted octanol–water partition coefficient (Wildman–Crippen LogP) is 10.7. The molecule has 8 aromatic rings. The number of hydrogen-bond acceptors (Lipinski definition) is 3. The maximum atomic E-state index is 5.02. The summed E-state index contributed by atoms with van der Waals surface area (Å²) < 4.78 is 5.00. The number of nitrogens with zero attached hydrogens (tertiary/aromatic N) is 5. The zero-order chi connectivity index (χ0) is 38.2. The van der Waals surface area contributed by atoms with Gasteiger partial charge in [0.1, 0.15) is 0 Å². The fraction of sp³-hybridized carbons (Fsp3) is 0.113. The van der Waals surface area contributed by atoms with E-state index in [-0.39, 0.29) is 0 Å². The van der Waals surface area contributed by atoms with Gasteiger partial charge in [-0.2, -0.15) is 0 Å². The molecule has 0 saturated carbocycles. The summed E-state index contributed by atoms with van der Waals surface area (Å²) in [5.74, 6) is 2.81. The molecule has 2 atom stereocenters. The average Bonchev–Trinajstić information content (AvgIpc) is 3.79. The first-order valence-electron chi connectivity index (χ1n) is 20.5. The lowest BCUT2D eigenvalue weighted by atomic mass is 9.81. The normalized spacial score (nSPS) is 17.7. The minimum absolute atomic E-state index is 0.380. The van der Waals surface area contributed by atoms with E-state index >= 15 is 0 Å². The maximum Gasteiger partial charge on any atom is 0.164 e. The Hall–Kier alpha value is -7.11. The summed E-state index contributed by atoms with van der Waals surface area (Å²) in [7, 11) is 0. The van der Waals surface area contributed by atoms with Crippen LogP contribution in [0.1, 0.15) is 30.5 Å². The first-order valence-corrected chi connectivity index (χ1v) is 20.5. The SMILES string of the molecule is C1=CCC2C=c3c(n(-c4ccc(-c5nc(-c6ccccc6)nc(-c6ccccc6)n5)cc4)c4cc(-n5c6c(c7ccccc75)C=C5CCC=CC5C6)ccc34)=CC2=C1. The number of para-hydroxylation sites is 1. The van der Waals surface area contributed by atoms with Crippen LogP contribution in [-0.2, 0) is 6.42 Å². The molecule has 3 aromatic heterocycles. The van der Waals surface area contributed by atoms with Crippen LogP contribution in [0.5, 0.6) is 0 Å². The van der Waals surface area contributed by atoms with Gasteiger partial charge in [0, 0.05) is 67.1 Å². The topological polar surface area (TPSA) is 48.5 Å². The fourth-order valence-electron chi connectivity index (χ4n) is 9.66. The number of hydrogen-bond donors (Lipinski definition) is 0. The molecule has 4 aliphatic rings. The molecule has 5 aromatic carbocycles. The summed E-state index contributed by atoms with van der Waals surface area (Å²) in [6.45, 7) is 0. The van der Waals surface area contributed by atoms with E-state index in [2.05, 4.69) is 149 Å². The Bertz CT molecular complexity index is 3150. The van der Waals surface area contributed by atoms with Crippen LogP contribution in [0.3, 0.4) is 0 Å². The van der Waals surface area contributed by atoms with Gasteiger partial charge >= 0.3 is 0 Å². The predicted molar refractivity (Wildman–Crippen MR) is 237 cm³/mol. The van der Waals surface area contributed by atoms with E-state index < -0.39 is 0 Å². The van der Waals surface area contributed by atoms with Crippen molar-refractivity contribution in [3.63, 3.8) is 0 Å². The highest BCUT2D eigenvalue weighted by atomic mass is 15.0. The Balaban J connectivity index is 1.04. The molecule has 0 N–H and O–H groups in total. The van der Waals surface area contributed by atoms with Crippen molar-refractivity contribution in [1.29, 1.82) is 0 Å². The lowest BCUT2D eigenvalue weighted by molar-refractivity contribution is 0.657. The van der Waals surface area contributed by atoms with Gasteiger partial charge in [-0.05, 0) is 79.8 Å². The molecule has 0 aliphatic heterocycles.